The second-order valence-electron chi connectivity index (χ2n) is 3.30. The van der Waals surface area contributed by atoms with Crippen molar-refractivity contribution < 1.29 is 0 Å². The Morgan fingerprint density at radius 2 is 1.56 bits per heavy atom. The van der Waals surface area contributed by atoms with Crippen LogP contribution in [-0.4, -0.2) is 0 Å². The molecule has 0 N–H and O–H groups in total. The molecule has 0 amide bonds. The van der Waals surface area contributed by atoms with Crippen molar-refractivity contribution in [2.24, 2.45) is 0 Å². The minimum Gasteiger partial charge on any atom is -0.0712 e. The van der Waals surface area contributed by atoms with Crippen LogP contribution in [0.1, 0.15) is 18.6 Å². The lowest BCUT2D eigenvalue weighted by Gasteiger charge is -2.11. The average Bonchev–Trinajstić information content (AvgIpc) is 2.27. The number of fused-ring (bicyclic) bond motifs is 1. The van der Waals surface area contributed by atoms with Crippen molar-refractivity contribution in [3.05, 3.63) is 47.5 Å². The van der Waals surface area contributed by atoms with Gasteiger partial charge in [0.15, 0.2) is 0 Å². The lowest BCUT2D eigenvalue weighted by atomic mass is 10.0. The van der Waals surface area contributed by atoms with Crippen LogP contribution in [0.2, 0.25) is 0 Å². The van der Waals surface area contributed by atoms with E-state index in [2.05, 4.69) is 94.1 Å². The molecule has 0 heterocycles. The van der Waals surface area contributed by atoms with E-state index in [1.54, 1.807) is 0 Å². The third kappa shape index (κ3) is 2.55. The predicted octanol–water partition coefficient (Wildman–Crippen LogP) is 6.22. The molecule has 0 bridgehead atoms. The van der Waals surface area contributed by atoms with E-state index >= 15 is 0 Å². The van der Waals surface area contributed by atoms with Crippen molar-refractivity contribution in [1.29, 1.82) is 0 Å². The van der Waals surface area contributed by atoms with Crippen LogP contribution in [-0.2, 0) is 0 Å². The van der Waals surface area contributed by atoms with Crippen LogP contribution in [0.3, 0.4) is 0 Å². The number of benzene rings is 2. The third-order valence-electron chi connectivity index (χ3n) is 2.37. The van der Waals surface area contributed by atoms with Gasteiger partial charge in [-0.1, -0.05) is 94.1 Å². The molecule has 4 heteroatoms. The normalized spacial score (nSPS) is 11.6. The van der Waals surface area contributed by atoms with E-state index in [9.17, 15) is 0 Å². The van der Waals surface area contributed by atoms with Gasteiger partial charge in [0.2, 0.25) is 0 Å². The van der Waals surface area contributed by atoms with Gasteiger partial charge in [0.05, 0.1) is 7.47 Å². The van der Waals surface area contributed by atoms with E-state index in [1.165, 1.54) is 16.5 Å². The summed E-state index contributed by atoms with van der Waals surface area (Å²) in [5.74, 6) is 0. The molecule has 0 fully saturated rings. The van der Waals surface area contributed by atoms with Crippen molar-refractivity contribution in [3.8, 4) is 0 Å². The zero-order chi connectivity index (χ0) is 11.7. The monoisotopic (exact) mass is 467 g/mol. The molecule has 0 aliphatic rings. The molecule has 0 aliphatic carbocycles. The maximum Gasteiger partial charge on any atom is 0.0952 e. The number of rotatable bonds is 2. The Morgan fingerprint density at radius 3 is 2.19 bits per heavy atom. The van der Waals surface area contributed by atoms with E-state index in [0.717, 1.165) is 5.39 Å². The Kier molecular flexibility index (Phi) is 4.50. The summed E-state index contributed by atoms with van der Waals surface area (Å²) in [6.45, 7) is 0. The first-order chi connectivity index (χ1) is 7.61. The molecular weight excluding hydrogens is 464 g/mol. The summed E-state index contributed by atoms with van der Waals surface area (Å²) in [5.41, 5.74) is 2.41. The molecule has 16 heavy (non-hydrogen) atoms. The fraction of sp³-hybridized carbons (Fsp3) is 0.167. The minimum atomic E-state index is 0.152. The minimum absolute atomic E-state index is 0.152. The molecule has 0 spiro atoms. The van der Waals surface area contributed by atoms with Crippen molar-refractivity contribution in [3.63, 3.8) is 0 Å². The molecule has 83 valence electrons. The van der Waals surface area contributed by atoms with Gasteiger partial charge in [-0.05, 0) is 28.0 Å². The zero-order valence-electron chi connectivity index (χ0n) is 8.05. The summed E-state index contributed by atoms with van der Waals surface area (Å²) >= 11 is 14.2. The number of alkyl halides is 4. The molecule has 1 radical (unpaired) electrons. The first-order valence-corrected chi connectivity index (χ1v) is 8.27. The highest BCUT2D eigenvalue weighted by molar-refractivity contribution is 9.24. The summed E-state index contributed by atoms with van der Waals surface area (Å²) in [5, 5.41) is 2.35. The number of halogens is 4. The largest absolute Gasteiger partial charge is 0.0952 e. The quantitative estimate of drug-likeness (QED) is 0.457. The first kappa shape index (κ1) is 13.1. The summed E-state index contributed by atoms with van der Waals surface area (Å²) in [7, 11) is 0. The summed E-state index contributed by atoms with van der Waals surface area (Å²) < 4.78 is 0.316. The summed E-state index contributed by atoms with van der Waals surface area (Å²) in [4.78, 5) is 0. The molecule has 2 aromatic rings. The van der Waals surface area contributed by atoms with Gasteiger partial charge >= 0.3 is 0 Å². The van der Waals surface area contributed by atoms with Crippen molar-refractivity contribution in [2.75, 3.05) is 0 Å². The van der Waals surface area contributed by atoms with E-state index < -0.39 is 0 Å². The van der Waals surface area contributed by atoms with Gasteiger partial charge in [0.1, 0.15) is 0 Å². The van der Waals surface area contributed by atoms with Gasteiger partial charge in [0, 0.05) is 0 Å². The lowest BCUT2D eigenvalue weighted by molar-refractivity contribution is 1.43. The van der Waals surface area contributed by atoms with Crippen molar-refractivity contribution >= 4 is 74.5 Å². The highest BCUT2D eigenvalue weighted by Gasteiger charge is 2.12. The van der Waals surface area contributed by atoms with Gasteiger partial charge in [-0.25, -0.2) is 0 Å². The van der Waals surface area contributed by atoms with Crippen LogP contribution in [0.4, 0.5) is 0 Å². The molecule has 0 nitrogen and oxygen atoms in total. The maximum atomic E-state index is 3.54. The molecule has 2 rings (SSSR count). The van der Waals surface area contributed by atoms with Crippen molar-refractivity contribution in [2.45, 2.75) is 7.47 Å². The molecule has 2 aromatic carbocycles. The second kappa shape index (κ2) is 5.51. The van der Waals surface area contributed by atoms with Crippen LogP contribution >= 0.6 is 63.7 Å². The van der Waals surface area contributed by atoms with Crippen LogP contribution in [0, 0.1) is 6.07 Å². The Balaban J connectivity index is 2.76. The number of hydrogen-bond donors (Lipinski definition) is 0. The zero-order valence-corrected chi connectivity index (χ0v) is 14.4. The average molecular weight is 471 g/mol. The van der Waals surface area contributed by atoms with Crippen LogP contribution in [0.15, 0.2) is 30.3 Å². The van der Waals surface area contributed by atoms with Crippen LogP contribution in [0.25, 0.3) is 10.8 Å². The molecular formula is C12H7Br4. The smallest absolute Gasteiger partial charge is 0.0712 e. The Morgan fingerprint density at radius 1 is 0.875 bits per heavy atom. The van der Waals surface area contributed by atoms with E-state index in [0.29, 0.717) is 0 Å². The number of hydrogen-bond acceptors (Lipinski definition) is 0. The molecule has 0 unspecified atom stereocenters. The summed E-state index contributed by atoms with van der Waals surface area (Å²) in [6.07, 6.45) is 0. The molecule has 0 saturated carbocycles. The summed E-state index contributed by atoms with van der Waals surface area (Å²) in [6, 6.07) is 13.6. The molecule has 0 aromatic heterocycles. The first-order valence-electron chi connectivity index (χ1n) is 4.60. The fourth-order valence-corrected chi connectivity index (χ4v) is 3.21. The highest BCUT2D eigenvalue weighted by Crippen LogP contribution is 2.39. The predicted molar refractivity (Wildman–Crippen MR) is 84.0 cm³/mol. The van der Waals surface area contributed by atoms with E-state index in [4.69, 9.17) is 0 Å². The highest BCUT2D eigenvalue weighted by atomic mass is 79.9. The van der Waals surface area contributed by atoms with Gasteiger partial charge in [-0.3, -0.25) is 0 Å². The topological polar surface area (TPSA) is 0 Å². The Bertz CT molecular complexity index is 458. The van der Waals surface area contributed by atoms with E-state index in [-0.39, 0.29) is 7.47 Å². The van der Waals surface area contributed by atoms with Gasteiger partial charge < -0.3 is 0 Å². The van der Waals surface area contributed by atoms with Gasteiger partial charge in [-0.15, -0.1) is 0 Å². The maximum absolute atomic E-state index is 3.54. The standard InChI is InChI=1S/C12H7Br4/c13-11(14)9-5-1-3-7-8(9)4-2-6-10(7)12(15)16/h1-3,5-6,11-12H. The SMILES string of the molecule is BrC(Br)c1cccc2c(C(Br)Br)cc[c]c12. The Labute approximate surface area is 128 Å². The van der Waals surface area contributed by atoms with Gasteiger partial charge in [0.25, 0.3) is 0 Å². The third-order valence-corrected chi connectivity index (χ3v) is 4.34. The van der Waals surface area contributed by atoms with Crippen LogP contribution in [0.5, 0.6) is 0 Å². The lowest BCUT2D eigenvalue weighted by Crippen LogP contribution is -1.89. The molecule has 0 aliphatic heterocycles. The fourth-order valence-electron chi connectivity index (χ4n) is 1.65. The van der Waals surface area contributed by atoms with Crippen molar-refractivity contribution in [1.82, 2.24) is 0 Å². The Hall–Kier alpha value is 0.620. The molecule has 0 saturated heterocycles. The van der Waals surface area contributed by atoms with Crippen LogP contribution < -0.4 is 0 Å². The van der Waals surface area contributed by atoms with Gasteiger partial charge in [-0.2, -0.15) is 0 Å². The second-order valence-corrected chi connectivity index (χ2v) is 9.42. The van der Waals surface area contributed by atoms with E-state index in [1.807, 2.05) is 6.07 Å². The molecule has 0 atom stereocenters.